The van der Waals surface area contributed by atoms with Gasteiger partial charge in [-0.15, -0.1) is 0 Å². The first-order valence-electron chi connectivity index (χ1n) is 10.6. The van der Waals surface area contributed by atoms with Crippen molar-refractivity contribution in [1.82, 2.24) is 19.5 Å². The predicted octanol–water partition coefficient (Wildman–Crippen LogP) is 3.13. The van der Waals surface area contributed by atoms with E-state index in [1.54, 1.807) is 28.8 Å². The van der Waals surface area contributed by atoms with Gasteiger partial charge in [0.15, 0.2) is 17.0 Å². The number of fused-ring (bicyclic) bond motifs is 1. The molecule has 0 saturated carbocycles. The van der Waals surface area contributed by atoms with Gasteiger partial charge in [0, 0.05) is 12.0 Å². The summed E-state index contributed by atoms with van der Waals surface area (Å²) in [7, 11) is 0. The van der Waals surface area contributed by atoms with Gasteiger partial charge in [0.2, 0.25) is 0 Å². The largest absolute Gasteiger partial charge is 0.394 e. The van der Waals surface area contributed by atoms with E-state index in [0.717, 1.165) is 5.69 Å². The van der Waals surface area contributed by atoms with Crippen LogP contribution in [0.4, 0.5) is 17.2 Å². The molecule has 172 valence electrons. The Bertz CT molecular complexity index is 1320. The number of carbonyl (C=O) groups excluding carboxylic acids is 1. The van der Waals surface area contributed by atoms with Crippen molar-refractivity contribution in [3.8, 4) is 0 Å². The van der Waals surface area contributed by atoms with Gasteiger partial charge in [-0.3, -0.25) is 9.36 Å². The Balaban J connectivity index is 1.31. The first-order valence-corrected chi connectivity index (χ1v) is 10.6. The molecule has 1 fully saturated rings. The van der Waals surface area contributed by atoms with Crippen LogP contribution in [0.5, 0.6) is 0 Å². The molecule has 11 nitrogen and oxygen atoms in total. The zero-order valence-electron chi connectivity index (χ0n) is 17.9. The molecular formula is C23H21N7O4. The van der Waals surface area contributed by atoms with Crippen LogP contribution in [0.15, 0.2) is 77.5 Å². The van der Waals surface area contributed by atoms with Gasteiger partial charge in [-0.1, -0.05) is 18.2 Å². The molecule has 3 heterocycles. The average molecular weight is 459 g/mol. The van der Waals surface area contributed by atoms with E-state index >= 15 is 0 Å². The lowest BCUT2D eigenvalue weighted by Gasteiger charge is -2.13. The van der Waals surface area contributed by atoms with Crippen molar-refractivity contribution in [1.29, 1.82) is 0 Å². The fourth-order valence-electron chi connectivity index (χ4n) is 3.67. The quantitative estimate of drug-likeness (QED) is 0.375. The number of amides is 1. The van der Waals surface area contributed by atoms with Crippen molar-refractivity contribution >= 4 is 34.3 Å². The molecule has 1 aliphatic rings. The number of azo groups is 1. The van der Waals surface area contributed by atoms with Gasteiger partial charge in [-0.2, -0.15) is 10.2 Å². The highest BCUT2D eigenvalue weighted by molar-refractivity contribution is 6.06. The van der Waals surface area contributed by atoms with E-state index < -0.39 is 18.4 Å². The fourth-order valence-corrected chi connectivity index (χ4v) is 3.67. The Kier molecular flexibility index (Phi) is 6.04. The number of anilines is 1. The number of aliphatic hydroxyl groups is 2. The number of benzene rings is 2. The number of ether oxygens (including phenoxy) is 1. The summed E-state index contributed by atoms with van der Waals surface area (Å²) in [6.45, 7) is -0.285. The molecule has 2 aromatic carbocycles. The molecule has 0 aliphatic carbocycles. The van der Waals surface area contributed by atoms with Crippen molar-refractivity contribution < 1.29 is 19.7 Å². The Morgan fingerprint density at radius 3 is 2.50 bits per heavy atom. The van der Waals surface area contributed by atoms with Gasteiger partial charge in [0.25, 0.3) is 5.91 Å². The van der Waals surface area contributed by atoms with Crippen LogP contribution in [0.3, 0.4) is 0 Å². The summed E-state index contributed by atoms with van der Waals surface area (Å²) in [5.41, 5.74) is 2.59. The molecule has 0 bridgehead atoms. The standard InChI is InChI=1S/C23H21N7O4/c31-11-18-17(32)10-19(34-18)30-13-26-20-21(24-12-25-22(20)30)27-23(33)14-6-8-16(9-7-14)29-28-15-4-2-1-3-5-15/h1-9,12-13,17-19,31-32H,10-11H2,(H,24,25,27,33)/t17-,18+,19+/m0/s1. The second-order valence-corrected chi connectivity index (χ2v) is 7.70. The predicted molar refractivity (Wildman–Crippen MR) is 122 cm³/mol. The highest BCUT2D eigenvalue weighted by atomic mass is 16.5. The maximum absolute atomic E-state index is 12.8. The number of aromatic nitrogens is 4. The van der Waals surface area contributed by atoms with E-state index in [9.17, 15) is 15.0 Å². The van der Waals surface area contributed by atoms with Crippen LogP contribution in [0.2, 0.25) is 0 Å². The van der Waals surface area contributed by atoms with Gasteiger partial charge in [-0.25, -0.2) is 15.0 Å². The summed E-state index contributed by atoms with van der Waals surface area (Å²) >= 11 is 0. The molecule has 11 heteroatoms. The van der Waals surface area contributed by atoms with Gasteiger partial charge in [-0.05, 0) is 36.4 Å². The van der Waals surface area contributed by atoms with E-state index in [4.69, 9.17) is 4.74 Å². The lowest BCUT2D eigenvalue weighted by molar-refractivity contribution is -0.0432. The third-order valence-corrected chi connectivity index (χ3v) is 5.45. The minimum absolute atomic E-state index is 0.249. The number of hydrogen-bond acceptors (Lipinski definition) is 9. The van der Waals surface area contributed by atoms with Crippen LogP contribution in [0.1, 0.15) is 23.0 Å². The van der Waals surface area contributed by atoms with Gasteiger partial charge in [0.1, 0.15) is 18.7 Å². The summed E-state index contributed by atoms with van der Waals surface area (Å²) in [6, 6.07) is 16.1. The van der Waals surface area contributed by atoms with Gasteiger partial charge in [0.05, 0.1) is 30.4 Å². The summed E-state index contributed by atoms with van der Waals surface area (Å²) < 4.78 is 7.33. The maximum Gasteiger partial charge on any atom is 0.256 e. The molecule has 1 amide bonds. The number of carbonyl (C=O) groups is 1. The normalized spacial score (nSPS) is 20.2. The van der Waals surface area contributed by atoms with E-state index in [1.165, 1.54) is 12.7 Å². The Labute approximate surface area is 193 Å². The monoisotopic (exact) mass is 459 g/mol. The number of nitrogens with one attached hydrogen (secondary N) is 1. The van der Waals surface area contributed by atoms with Crippen molar-refractivity contribution in [3.05, 3.63) is 72.8 Å². The first-order chi connectivity index (χ1) is 16.6. The van der Waals surface area contributed by atoms with Crippen LogP contribution in [0, 0.1) is 0 Å². The van der Waals surface area contributed by atoms with Crippen LogP contribution >= 0.6 is 0 Å². The Morgan fingerprint density at radius 1 is 1.06 bits per heavy atom. The molecule has 3 N–H and O–H groups in total. The highest BCUT2D eigenvalue weighted by Gasteiger charge is 2.35. The number of imidazole rings is 1. The smallest absolute Gasteiger partial charge is 0.256 e. The van der Waals surface area contributed by atoms with Crippen LogP contribution in [-0.2, 0) is 4.74 Å². The Morgan fingerprint density at radius 2 is 1.79 bits per heavy atom. The third-order valence-electron chi connectivity index (χ3n) is 5.45. The van der Waals surface area contributed by atoms with Gasteiger partial charge >= 0.3 is 0 Å². The fraction of sp³-hybridized carbons (Fsp3) is 0.217. The minimum atomic E-state index is -0.788. The SMILES string of the molecule is O=C(Nc1ncnc2c1ncn2[C@H]1C[C@H](O)[C@@H](CO)O1)c1ccc(N=Nc2ccccc2)cc1. The number of aliphatic hydroxyl groups excluding tert-OH is 2. The van der Waals surface area contributed by atoms with E-state index in [2.05, 4.69) is 30.5 Å². The van der Waals surface area contributed by atoms with E-state index in [0.29, 0.717) is 22.4 Å². The zero-order valence-corrected chi connectivity index (χ0v) is 17.9. The number of nitrogens with zero attached hydrogens (tertiary/aromatic N) is 6. The molecule has 1 saturated heterocycles. The second kappa shape index (κ2) is 9.43. The lowest BCUT2D eigenvalue weighted by Crippen LogP contribution is -2.24. The molecule has 0 radical (unpaired) electrons. The summed E-state index contributed by atoms with van der Waals surface area (Å²) in [5.74, 6) is -0.118. The Hall–Kier alpha value is -4.06. The van der Waals surface area contributed by atoms with E-state index in [1.807, 2.05) is 30.3 Å². The third kappa shape index (κ3) is 4.39. The van der Waals surface area contributed by atoms with Gasteiger partial charge < -0.3 is 20.3 Å². The van der Waals surface area contributed by atoms with Crippen LogP contribution in [-0.4, -0.2) is 54.5 Å². The summed E-state index contributed by atoms with van der Waals surface area (Å²) in [6.07, 6.45) is 1.13. The molecule has 5 rings (SSSR count). The minimum Gasteiger partial charge on any atom is -0.394 e. The van der Waals surface area contributed by atoms with E-state index in [-0.39, 0.29) is 24.8 Å². The molecule has 1 aliphatic heterocycles. The molecule has 3 atom stereocenters. The molecule has 0 spiro atoms. The zero-order chi connectivity index (χ0) is 23.5. The highest BCUT2D eigenvalue weighted by Crippen LogP contribution is 2.31. The first kappa shape index (κ1) is 21.8. The molecule has 2 aromatic heterocycles. The topological polar surface area (TPSA) is 147 Å². The summed E-state index contributed by atoms with van der Waals surface area (Å²) in [5, 5.41) is 30.4. The average Bonchev–Trinajstić information content (AvgIpc) is 3.47. The lowest BCUT2D eigenvalue weighted by atomic mass is 10.2. The van der Waals surface area contributed by atoms with Crippen molar-refractivity contribution in [3.63, 3.8) is 0 Å². The van der Waals surface area contributed by atoms with Crippen molar-refractivity contribution in [2.75, 3.05) is 11.9 Å². The van der Waals surface area contributed by atoms with Crippen LogP contribution < -0.4 is 5.32 Å². The molecule has 0 unspecified atom stereocenters. The molecule has 34 heavy (non-hydrogen) atoms. The van der Waals surface area contributed by atoms with Crippen molar-refractivity contribution in [2.45, 2.75) is 24.9 Å². The second-order valence-electron chi connectivity index (χ2n) is 7.70. The van der Waals surface area contributed by atoms with Crippen LogP contribution in [0.25, 0.3) is 11.2 Å². The summed E-state index contributed by atoms with van der Waals surface area (Å²) in [4.78, 5) is 25.5. The maximum atomic E-state index is 12.8. The van der Waals surface area contributed by atoms with Crippen molar-refractivity contribution in [2.24, 2.45) is 10.2 Å². The number of rotatable bonds is 6. The molecular weight excluding hydrogens is 438 g/mol. The molecule has 4 aromatic rings. The number of hydrogen-bond donors (Lipinski definition) is 3.